The van der Waals surface area contributed by atoms with Crippen LogP contribution >= 0.6 is 0 Å². The number of benzene rings is 1. The molecular formula is C19H19F2N5O4. The highest BCUT2D eigenvalue weighted by Crippen LogP contribution is 2.46. The molecule has 1 amide bonds. The van der Waals surface area contributed by atoms with E-state index in [4.69, 9.17) is 19.9 Å². The van der Waals surface area contributed by atoms with Crippen LogP contribution in [0.15, 0.2) is 35.6 Å². The van der Waals surface area contributed by atoms with Crippen LogP contribution in [0.25, 0.3) is 0 Å². The Morgan fingerprint density at radius 1 is 1.40 bits per heavy atom. The molecule has 1 aromatic carbocycles. The Hall–Kier alpha value is -3.34. The number of amidine groups is 1. The number of hydrogen-bond donors (Lipinski definition) is 2. The Bertz CT molecular complexity index is 987. The fraction of sp³-hybridized carbons (Fsp3) is 0.368. The van der Waals surface area contributed by atoms with Gasteiger partial charge >= 0.3 is 0 Å². The van der Waals surface area contributed by atoms with Gasteiger partial charge in [-0.25, -0.2) is 23.7 Å². The van der Waals surface area contributed by atoms with Crippen molar-refractivity contribution in [1.29, 1.82) is 0 Å². The number of nitrogens with one attached hydrogen (secondary N) is 1. The molecule has 0 saturated carbocycles. The molecule has 3 heterocycles. The van der Waals surface area contributed by atoms with Crippen molar-refractivity contribution in [3.8, 4) is 5.88 Å². The SMILES string of the molecule is COc1cnc(C(=O)Nc2ccc(F)c(C34CO[C@H](CF)C3COC(N)=N4)c2)cn1. The van der Waals surface area contributed by atoms with Gasteiger partial charge in [-0.15, -0.1) is 0 Å². The Morgan fingerprint density at radius 2 is 2.23 bits per heavy atom. The summed E-state index contributed by atoms with van der Waals surface area (Å²) < 4.78 is 43.9. The van der Waals surface area contributed by atoms with Gasteiger partial charge < -0.3 is 25.3 Å². The third-order valence-electron chi connectivity index (χ3n) is 5.21. The maximum Gasteiger partial charge on any atom is 0.282 e. The first kappa shape index (κ1) is 20.0. The van der Waals surface area contributed by atoms with E-state index in [-0.39, 0.29) is 36.4 Å². The molecule has 3 N–H and O–H groups in total. The van der Waals surface area contributed by atoms with Crippen LogP contribution in [-0.2, 0) is 15.0 Å². The zero-order chi connectivity index (χ0) is 21.3. The van der Waals surface area contributed by atoms with E-state index in [2.05, 4.69) is 20.3 Å². The van der Waals surface area contributed by atoms with Crippen molar-refractivity contribution in [2.75, 3.05) is 32.3 Å². The summed E-state index contributed by atoms with van der Waals surface area (Å²) >= 11 is 0. The summed E-state index contributed by atoms with van der Waals surface area (Å²) in [6.07, 6.45) is 1.77. The number of aliphatic imine (C=N–C) groups is 1. The second kappa shape index (κ2) is 7.82. The van der Waals surface area contributed by atoms with Crippen molar-refractivity contribution in [1.82, 2.24) is 9.97 Å². The zero-order valence-electron chi connectivity index (χ0n) is 16.0. The minimum absolute atomic E-state index is 0.0430. The average Bonchev–Trinajstić information content (AvgIpc) is 3.13. The van der Waals surface area contributed by atoms with Crippen LogP contribution in [0.1, 0.15) is 16.1 Å². The summed E-state index contributed by atoms with van der Waals surface area (Å²) in [5, 5.41) is 2.64. The molecule has 1 aromatic heterocycles. The summed E-state index contributed by atoms with van der Waals surface area (Å²) in [5.74, 6) is -1.43. The van der Waals surface area contributed by atoms with E-state index in [9.17, 15) is 13.6 Å². The number of nitrogens with zero attached hydrogens (tertiary/aromatic N) is 3. The first-order valence-corrected chi connectivity index (χ1v) is 9.10. The molecule has 0 bridgehead atoms. The van der Waals surface area contributed by atoms with E-state index in [0.29, 0.717) is 5.69 Å². The number of carbonyl (C=O) groups is 1. The Labute approximate surface area is 170 Å². The smallest absolute Gasteiger partial charge is 0.282 e. The highest BCUT2D eigenvalue weighted by molar-refractivity contribution is 6.02. The molecule has 1 fully saturated rings. The predicted octanol–water partition coefficient (Wildman–Crippen LogP) is 1.40. The molecule has 2 aromatic rings. The second-order valence-corrected chi connectivity index (χ2v) is 6.89. The summed E-state index contributed by atoms with van der Waals surface area (Å²) in [4.78, 5) is 24.7. The number of aromatic nitrogens is 2. The van der Waals surface area contributed by atoms with Gasteiger partial charge in [-0.2, -0.15) is 0 Å². The molecule has 30 heavy (non-hydrogen) atoms. The largest absolute Gasteiger partial charge is 0.480 e. The van der Waals surface area contributed by atoms with Crippen molar-refractivity contribution in [2.45, 2.75) is 11.6 Å². The number of carbonyl (C=O) groups excluding carboxylic acids is 1. The van der Waals surface area contributed by atoms with Gasteiger partial charge in [0.1, 0.15) is 23.7 Å². The molecule has 158 valence electrons. The van der Waals surface area contributed by atoms with Gasteiger partial charge in [0, 0.05) is 11.3 Å². The monoisotopic (exact) mass is 419 g/mol. The lowest BCUT2D eigenvalue weighted by atomic mass is 9.78. The molecular weight excluding hydrogens is 400 g/mol. The van der Waals surface area contributed by atoms with E-state index >= 15 is 0 Å². The summed E-state index contributed by atoms with van der Waals surface area (Å²) in [7, 11) is 1.43. The summed E-state index contributed by atoms with van der Waals surface area (Å²) in [6, 6.07) is 3.90. The van der Waals surface area contributed by atoms with Gasteiger partial charge in [0.05, 0.1) is 44.7 Å². The molecule has 9 nitrogen and oxygen atoms in total. The van der Waals surface area contributed by atoms with E-state index in [1.54, 1.807) is 0 Å². The van der Waals surface area contributed by atoms with Gasteiger partial charge in [0.15, 0.2) is 0 Å². The topological polar surface area (TPSA) is 121 Å². The number of ether oxygens (including phenoxy) is 3. The summed E-state index contributed by atoms with van der Waals surface area (Å²) in [5.41, 5.74) is 4.96. The highest BCUT2D eigenvalue weighted by atomic mass is 19.1. The second-order valence-electron chi connectivity index (χ2n) is 6.89. The van der Waals surface area contributed by atoms with Crippen LogP contribution in [0.4, 0.5) is 14.5 Å². The Balaban J connectivity index is 1.66. The van der Waals surface area contributed by atoms with Crippen LogP contribution in [0, 0.1) is 11.7 Å². The van der Waals surface area contributed by atoms with Gasteiger partial charge in [-0.3, -0.25) is 4.79 Å². The van der Waals surface area contributed by atoms with Crippen LogP contribution in [0.3, 0.4) is 0 Å². The van der Waals surface area contributed by atoms with E-state index in [1.807, 2.05) is 0 Å². The van der Waals surface area contributed by atoms with Crippen LogP contribution < -0.4 is 15.8 Å². The molecule has 3 atom stereocenters. The normalized spacial score (nSPS) is 25.1. The van der Waals surface area contributed by atoms with Crippen molar-refractivity contribution in [2.24, 2.45) is 16.6 Å². The minimum atomic E-state index is -1.25. The number of halogens is 2. The minimum Gasteiger partial charge on any atom is -0.480 e. The maximum atomic E-state index is 14.8. The van der Waals surface area contributed by atoms with Crippen molar-refractivity contribution in [3.63, 3.8) is 0 Å². The lowest BCUT2D eigenvalue weighted by molar-refractivity contribution is 0.0528. The number of nitrogens with two attached hydrogens (primary N) is 1. The standard InChI is InChI=1S/C19H19F2N5O4/c1-28-16-7-23-14(6-24-16)17(27)25-10-2-3-13(21)11(4-10)19-9-30-15(5-20)12(19)8-29-18(22)26-19/h2-4,6-7,12,15H,5,8-9H2,1H3,(H2,22,26)(H,25,27)/t12?,15-,19?/m1/s1. The third-order valence-corrected chi connectivity index (χ3v) is 5.21. The predicted molar refractivity (Wildman–Crippen MR) is 101 cm³/mol. The molecule has 2 unspecified atom stereocenters. The lowest BCUT2D eigenvalue weighted by Crippen LogP contribution is -2.45. The molecule has 4 rings (SSSR count). The molecule has 1 saturated heterocycles. The molecule has 11 heteroatoms. The van der Waals surface area contributed by atoms with E-state index in [0.717, 1.165) is 0 Å². The number of rotatable bonds is 5. The number of fused-ring (bicyclic) bond motifs is 1. The number of anilines is 1. The van der Waals surface area contributed by atoms with Crippen molar-refractivity contribution >= 4 is 17.6 Å². The molecule has 0 aliphatic carbocycles. The van der Waals surface area contributed by atoms with Crippen LogP contribution in [0.5, 0.6) is 5.88 Å². The zero-order valence-corrected chi connectivity index (χ0v) is 16.0. The molecule has 0 spiro atoms. The maximum absolute atomic E-state index is 14.8. The van der Waals surface area contributed by atoms with Crippen molar-refractivity contribution in [3.05, 3.63) is 47.7 Å². The Kier molecular flexibility index (Phi) is 5.20. The number of methoxy groups -OCH3 is 1. The fourth-order valence-corrected chi connectivity index (χ4v) is 3.69. The van der Waals surface area contributed by atoms with Gasteiger partial charge in [-0.05, 0) is 18.2 Å². The van der Waals surface area contributed by atoms with Crippen LogP contribution in [-0.4, -0.2) is 55.0 Å². The van der Waals surface area contributed by atoms with Crippen molar-refractivity contribution < 1.29 is 27.8 Å². The van der Waals surface area contributed by atoms with E-state index < -0.39 is 36.0 Å². The first-order chi connectivity index (χ1) is 14.5. The number of hydrogen-bond acceptors (Lipinski definition) is 8. The van der Waals surface area contributed by atoms with Gasteiger partial charge in [0.2, 0.25) is 5.88 Å². The third kappa shape index (κ3) is 3.41. The Morgan fingerprint density at radius 3 is 2.93 bits per heavy atom. The lowest BCUT2D eigenvalue weighted by Gasteiger charge is -2.35. The molecule has 2 aliphatic heterocycles. The summed E-state index contributed by atoms with van der Waals surface area (Å²) in [6.45, 7) is -0.782. The highest BCUT2D eigenvalue weighted by Gasteiger charge is 2.55. The molecule has 2 aliphatic rings. The van der Waals surface area contributed by atoms with Gasteiger partial charge in [-0.1, -0.05) is 0 Å². The fourth-order valence-electron chi connectivity index (χ4n) is 3.69. The first-order valence-electron chi connectivity index (χ1n) is 9.10. The number of alkyl halides is 1. The quantitative estimate of drug-likeness (QED) is 0.751. The van der Waals surface area contributed by atoms with Crippen LogP contribution in [0.2, 0.25) is 0 Å². The average molecular weight is 419 g/mol. The molecule has 0 radical (unpaired) electrons. The number of amides is 1. The van der Waals surface area contributed by atoms with E-state index in [1.165, 1.54) is 37.7 Å². The van der Waals surface area contributed by atoms with Gasteiger partial charge in [0.25, 0.3) is 11.9 Å².